The average Bonchev–Trinajstić information content (AvgIpc) is 2.70. The zero-order chi connectivity index (χ0) is 9.31. The number of amides is 1. The summed E-state index contributed by atoms with van der Waals surface area (Å²) in [6, 6.07) is 2.04. The molecule has 13 heavy (non-hydrogen) atoms. The lowest BCUT2D eigenvalue weighted by Crippen LogP contribution is -2.29. The van der Waals surface area contributed by atoms with Gasteiger partial charge in [0.1, 0.15) is 0 Å². The van der Waals surface area contributed by atoms with Gasteiger partial charge in [-0.1, -0.05) is 6.92 Å². The van der Waals surface area contributed by atoms with Crippen molar-refractivity contribution >= 4 is 17.2 Å². The molecule has 3 heteroatoms. The Kier molecular flexibility index (Phi) is 2.12. The minimum atomic E-state index is -0.0456. The minimum absolute atomic E-state index is 0.0456. The van der Waals surface area contributed by atoms with Gasteiger partial charge in [0.15, 0.2) is 0 Å². The van der Waals surface area contributed by atoms with E-state index in [1.165, 1.54) is 5.56 Å². The highest BCUT2D eigenvalue weighted by Gasteiger charge is 2.44. The Balaban J connectivity index is 1.83. The van der Waals surface area contributed by atoms with E-state index in [0.29, 0.717) is 6.54 Å². The second-order valence-electron chi connectivity index (χ2n) is 3.87. The van der Waals surface area contributed by atoms with Gasteiger partial charge in [0.25, 0.3) is 0 Å². The first kappa shape index (κ1) is 8.75. The summed E-state index contributed by atoms with van der Waals surface area (Å²) in [6.45, 7) is 2.70. The highest BCUT2D eigenvalue weighted by Crippen LogP contribution is 2.44. The highest BCUT2D eigenvalue weighted by atomic mass is 32.1. The van der Waals surface area contributed by atoms with Gasteiger partial charge in [-0.2, -0.15) is 11.3 Å². The Morgan fingerprint density at radius 3 is 3.00 bits per heavy atom. The maximum absolute atomic E-state index is 11.5. The normalized spacial score (nSPS) is 18.2. The zero-order valence-corrected chi connectivity index (χ0v) is 8.49. The lowest BCUT2D eigenvalue weighted by Gasteiger charge is -2.08. The van der Waals surface area contributed by atoms with E-state index in [9.17, 15) is 4.79 Å². The van der Waals surface area contributed by atoms with Crippen molar-refractivity contribution in [1.82, 2.24) is 5.32 Å². The van der Waals surface area contributed by atoms with Crippen molar-refractivity contribution in [3.8, 4) is 0 Å². The monoisotopic (exact) mass is 195 g/mol. The first-order valence-electron chi connectivity index (χ1n) is 4.50. The molecule has 0 aromatic carbocycles. The van der Waals surface area contributed by atoms with Crippen LogP contribution >= 0.6 is 11.3 Å². The molecule has 1 aromatic rings. The number of rotatable bonds is 3. The predicted molar refractivity (Wildman–Crippen MR) is 53.5 cm³/mol. The molecule has 1 fully saturated rings. The molecule has 0 radical (unpaired) electrons. The number of hydrogen-bond acceptors (Lipinski definition) is 2. The van der Waals surface area contributed by atoms with Crippen LogP contribution in [0.2, 0.25) is 0 Å². The Labute approximate surface area is 82.0 Å². The molecule has 1 saturated carbocycles. The van der Waals surface area contributed by atoms with Gasteiger partial charge in [-0.05, 0) is 35.2 Å². The first-order valence-corrected chi connectivity index (χ1v) is 5.44. The van der Waals surface area contributed by atoms with Crippen LogP contribution in [0.5, 0.6) is 0 Å². The summed E-state index contributed by atoms with van der Waals surface area (Å²) >= 11 is 1.66. The summed E-state index contributed by atoms with van der Waals surface area (Å²) in [7, 11) is 0. The zero-order valence-electron chi connectivity index (χ0n) is 7.67. The van der Waals surface area contributed by atoms with E-state index in [-0.39, 0.29) is 11.3 Å². The standard InChI is InChI=1S/C10H13NOS/c1-10(3-4-10)9(12)11-6-8-2-5-13-7-8/h2,5,7H,3-4,6H2,1H3,(H,11,12). The van der Waals surface area contributed by atoms with Gasteiger partial charge in [-0.15, -0.1) is 0 Å². The SMILES string of the molecule is CC1(C(=O)NCc2ccsc2)CC1. The van der Waals surface area contributed by atoms with E-state index in [1.54, 1.807) is 11.3 Å². The summed E-state index contributed by atoms with van der Waals surface area (Å²) in [5, 5.41) is 7.05. The Morgan fingerprint density at radius 2 is 2.46 bits per heavy atom. The van der Waals surface area contributed by atoms with E-state index < -0.39 is 0 Å². The molecule has 0 spiro atoms. The summed E-state index contributed by atoms with van der Waals surface area (Å²) < 4.78 is 0. The van der Waals surface area contributed by atoms with E-state index in [0.717, 1.165) is 12.8 Å². The largest absolute Gasteiger partial charge is 0.352 e. The maximum atomic E-state index is 11.5. The lowest BCUT2D eigenvalue weighted by molar-refractivity contribution is -0.125. The van der Waals surface area contributed by atoms with Crippen molar-refractivity contribution in [3.63, 3.8) is 0 Å². The summed E-state index contributed by atoms with van der Waals surface area (Å²) in [4.78, 5) is 11.5. The number of carbonyl (C=O) groups is 1. The molecule has 0 saturated heterocycles. The molecule has 1 aliphatic carbocycles. The van der Waals surface area contributed by atoms with Crippen molar-refractivity contribution in [3.05, 3.63) is 22.4 Å². The highest BCUT2D eigenvalue weighted by molar-refractivity contribution is 7.07. The van der Waals surface area contributed by atoms with Crippen LogP contribution in [0.1, 0.15) is 25.3 Å². The van der Waals surface area contributed by atoms with Crippen molar-refractivity contribution in [1.29, 1.82) is 0 Å². The van der Waals surface area contributed by atoms with Crippen LogP contribution in [0.3, 0.4) is 0 Å². The number of thiophene rings is 1. The van der Waals surface area contributed by atoms with E-state index in [2.05, 4.69) is 10.7 Å². The summed E-state index contributed by atoms with van der Waals surface area (Å²) in [5.74, 6) is 0.207. The third-order valence-corrected chi connectivity index (χ3v) is 3.31. The molecule has 0 atom stereocenters. The lowest BCUT2D eigenvalue weighted by atomic mass is 10.1. The minimum Gasteiger partial charge on any atom is -0.352 e. The van der Waals surface area contributed by atoms with Gasteiger partial charge in [-0.3, -0.25) is 4.79 Å². The van der Waals surface area contributed by atoms with Crippen LogP contribution in [-0.4, -0.2) is 5.91 Å². The molecule has 1 aliphatic rings. The van der Waals surface area contributed by atoms with Crippen molar-refractivity contribution < 1.29 is 4.79 Å². The van der Waals surface area contributed by atoms with Gasteiger partial charge in [0.05, 0.1) is 0 Å². The third kappa shape index (κ3) is 1.91. The molecule has 1 N–H and O–H groups in total. The number of carbonyl (C=O) groups excluding carboxylic acids is 1. The Hall–Kier alpha value is -0.830. The quantitative estimate of drug-likeness (QED) is 0.786. The molecule has 0 bridgehead atoms. The van der Waals surface area contributed by atoms with E-state index in [1.807, 2.05) is 18.4 Å². The van der Waals surface area contributed by atoms with Crippen LogP contribution in [0, 0.1) is 5.41 Å². The van der Waals surface area contributed by atoms with Gasteiger partial charge < -0.3 is 5.32 Å². The molecular weight excluding hydrogens is 182 g/mol. The molecule has 2 nitrogen and oxygen atoms in total. The number of hydrogen-bond donors (Lipinski definition) is 1. The van der Waals surface area contributed by atoms with Crippen LogP contribution < -0.4 is 5.32 Å². The van der Waals surface area contributed by atoms with Crippen molar-refractivity contribution in [2.45, 2.75) is 26.3 Å². The fourth-order valence-electron chi connectivity index (χ4n) is 1.20. The van der Waals surface area contributed by atoms with Crippen LogP contribution in [-0.2, 0) is 11.3 Å². The molecule has 70 valence electrons. The molecule has 1 heterocycles. The first-order chi connectivity index (χ1) is 6.21. The molecule has 1 amide bonds. The van der Waals surface area contributed by atoms with E-state index in [4.69, 9.17) is 0 Å². The second kappa shape index (κ2) is 3.14. The number of nitrogens with one attached hydrogen (secondary N) is 1. The van der Waals surface area contributed by atoms with Gasteiger partial charge in [-0.25, -0.2) is 0 Å². The topological polar surface area (TPSA) is 29.1 Å². The average molecular weight is 195 g/mol. The van der Waals surface area contributed by atoms with Gasteiger partial charge >= 0.3 is 0 Å². The summed E-state index contributed by atoms with van der Waals surface area (Å²) in [5.41, 5.74) is 1.15. The second-order valence-corrected chi connectivity index (χ2v) is 4.65. The van der Waals surface area contributed by atoms with Crippen LogP contribution in [0.4, 0.5) is 0 Å². The fourth-order valence-corrected chi connectivity index (χ4v) is 1.87. The van der Waals surface area contributed by atoms with Crippen LogP contribution in [0.25, 0.3) is 0 Å². The smallest absolute Gasteiger partial charge is 0.226 e. The third-order valence-electron chi connectivity index (χ3n) is 2.58. The summed E-state index contributed by atoms with van der Waals surface area (Å²) in [6.07, 6.45) is 2.09. The molecule has 0 aliphatic heterocycles. The fraction of sp³-hybridized carbons (Fsp3) is 0.500. The Morgan fingerprint density at radius 1 is 1.69 bits per heavy atom. The Bertz CT molecular complexity index is 301. The van der Waals surface area contributed by atoms with Crippen LogP contribution in [0.15, 0.2) is 16.8 Å². The van der Waals surface area contributed by atoms with E-state index >= 15 is 0 Å². The molecule has 0 unspecified atom stereocenters. The van der Waals surface area contributed by atoms with Gasteiger partial charge in [0, 0.05) is 12.0 Å². The van der Waals surface area contributed by atoms with Gasteiger partial charge in [0.2, 0.25) is 5.91 Å². The molecule has 1 aromatic heterocycles. The molecule has 2 rings (SSSR count). The molecular formula is C10H13NOS. The van der Waals surface area contributed by atoms with Crippen molar-refractivity contribution in [2.24, 2.45) is 5.41 Å². The predicted octanol–water partition coefficient (Wildman–Crippen LogP) is 2.16. The maximum Gasteiger partial charge on any atom is 0.226 e. The van der Waals surface area contributed by atoms with Crippen molar-refractivity contribution in [2.75, 3.05) is 0 Å².